The highest BCUT2D eigenvalue weighted by atomic mass is 35.5. The Kier molecular flexibility index (Phi) is 8.38. The standard InChI is InChI=1S/C31H31ClN6O4S/c1-17(2)30(39)34-24-11-9-20(15-23(24)32)37-29(28(35-31(37)43)25-8-6-7-13-33-25)22-14-18(3)36(19(22)4)26-12-10-21(38(40)41)16-27(26)42-5/h6-17,28-29H,1-5H3,(H,34,39)(H,35,43)/t28-,29+/m0/s1. The lowest BCUT2D eigenvalue weighted by Gasteiger charge is -2.28. The fourth-order valence-corrected chi connectivity index (χ4v) is 5.97. The number of ether oxygens (including phenoxy) is 1. The second-order valence-electron chi connectivity index (χ2n) is 10.6. The minimum absolute atomic E-state index is 0.0556. The number of amides is 1. The maximum Gasteiger partial charge on any atom is 0.273 e. The van der Waals surface area contributed by atoms with Gasteiger partial charge < -0.3 is 24.8 Å². The third-order valence-electron chi connectivity index (χ3n) is 7.52. The molecule has 2 aromatic carbocycles. The molecule has 222 valence electrons. The Bertz CT molecular complexity index is 1720. The van der Waals surface area contributed by atoms with Gasteiger partial charge in [-0.3, -0.25) is 19.9 Å². The molecule has 0 aliphatic carbocycles. The Morgan fingerprint density at radius 3 is 2.56 bits per heavy atom. The SMILES string of the molecule is COc1cc([N+](=O)[O-])ccc1-n1c(C)cc([C@@H]2[C@H](c3ccccn3)NC(=S)N2c2ccc(NC(=O)C(C)C)c(Cl)c2)c1C. The Balaban J connectivity index is 1.64. The fraction of sp³-hybridized carbons (Fsp3) is 0.258. The maximum atomic E-state index is 12.3. The first-order chi connectivity index (χ1) is 20.5. The number of thiocarbonyl (C=S) groups is 1. The molecule has 0 unspecified atom stereocenters. The van der Waals surface area contributed by atoms with Gasteiger partial charge in [0.1, 0.15) is 5.75 Å². The highest BCUT2D eigenvalue weighted by Gasteiger charge is 2.42. The number of hydrogen-bond acceptors (Lipinski definition) is 6. The number of carbonyl (C=O) groups excluding carboxylic acids is 1. The van der Waals surface area contributed by atoms with Crippen LogP contribution in [0.2, 0.25) is 5.02 Å². The van der Waals surface area contributed by atoms with E-state index in [-0.39, 0.29) is 29.6 Å². The van der Waals surface area contributed by atoms with Gasteiger partial charge in [-0.1, -0.05) is 31.5 Å². The lowest BCUT2D eigenvalue weighted by atomic mass is 9.96. The van der Waals surface area contributed by atoms with Crippen LogP contribution in [0.5, 0.6) is 5.75 Å². The number of halogens is 1. The first-order valence-corrected chi connectivity index (χ1v) is 14.4. The minimum atomic E-state index is -0.446. The summed E-state index contributed by atoms with van der Waals surface area (Å²) in [5.41, 5.74) is 5.46. The molecule has 1 fully saturated rings. The smallest absolute Gasteiger partial charge is 0.273 e. The number of non-ortho nitro benzene ring substituents is 1. The summed E-state index contributed by atoms with van der Waals surface area (Å²) in [5.74, 6) is 0.0565. The number of nitrogens with one attached hydrogen (secondary N) is 2. The molecule has 1 aliphatic rings. The molecule has 3 heterocycles. The second kappa shape index (κ2) is 12.0. The van der Waals surface area contributed by atoms with Crippen LogP contribution in [0.15, 0.2) is 66.9 Å². The van der Waals surface area contributed by atoms with Crippen LogP contribution in [0, 0.1) is 29.9 Å². The van der Waals surface area contributed by atoms with Gasteiger partial charge in [-0.15, -0.1) is 0 Å². The number of methoxy groups -OCH3 is 1. The number of benzene rings is 2. The average Bonchev–Trinajstić information content (AvgIpc) is 3.48. The van der Waals surface area contributed by atoms with E-state index in [1.807, 2.05) is 61.4 Å². The summed E-state index contributed by atoms with van der Waals surface area (Å²) in [6.45, 7) is 7.60. The van der Waals surface area contributed by atoms with Crippen LogP contribution in [0.4, 0.5) is 17.1 Å². The van der Waals surface area contributed by atoms with E-state index in [0.29, 0.717) is 27.3 Å². The van der Waals surface area contributed by atoms with Crippen molar-refractivity contribution in [1.29, 1.82) is 0 Å². The van der Waals surface area contributed by atoms with Crippen LogP contribution in [-0.4, -0.2) is 32.6 Å². The molecule has 10 nitrogen and oxygen atoms in total. The molecular formula is C31H31ClN6O4S. The molecule has 43 heavy (non-hydrogen) atoms. The number of aromatic nitrogens is 2. The van der Waals surface area contributed by atoms with Gasteiger partial charge in [-0.2, -0.15) is 0 Å². The topological polar surface area (TPSA) is 115 Å². The van der Waals surface area contributed by atoms with Gasteiger partial charge in [-0.05, 0) is 74.1 Å². The number of anilines is 2. The number of aryl methyl sites for hydroxylation is 1. The molecule has 0 bridgehead atoms. The van der Waals surface area contributed by atoms with Crippen molar-refractivity contribution in [2.75, 3.05) is 17.3 Å². The average molecular weight is 619 g/mol. The molecule has 0 saturated carbocycles. The van der Waals surface area contributed by atoms with Crippen molar-refractivity contribution in [3.8, 4) is 11.4 Å². The van der Waals surface area contributed by atoms with Gasteiger partial charge in [-0.25, -0.2) is 0 Å². The van der Waals surface area contributed by atoms with E-state index in [1.54, 1.807) is 24.4 Å². The van der Waals surface area contributed by atoms with Gasteiger partial charge in [0.05, 0.1) is 52.3 Å². The largest absolute Gasteiger partial charge is 0.494 e. The second-order valence-corrected chi connectivity index (χ2v) is 11.4. The van der Waals surface area contributed by atoms with Gasteiger partial charge in [0, 0.05) is 35.3 Å². The van der Waals surface area contributed by atoms with E-state index in [9.17, 15) is 14.9 Å². The van der Waals surface area contributed by atoms with Crippen molar-refractivity contribution in [2.45, 2.75) is 39.8 Å². The van der Waals surface area contributed by atoms with Crippen molar-refractivity contribution < 1.29 is 14.5 Å². The molecule has 4 aromatic rings. The quantitative estimate of drug-likeness (QED) is 0.125. The Morgan fingerprint density at radius 1 is 1.16 bits per heavy atom. The summed E-state index contributed by atoms with van der Waals surface area (Å²) in [6.07, 6.45) is 1.74. The number of nitrogens with zero attached hydrogens (tertiary/aromatic N) is 4. The predicted molar refractivity (Wildman–Crippen MR) is 171 cm³/mol. The molecule has 5 rings (SSSR count). The molecule has 2 N–H and O–H groups in total. The maximum absolute atomic E-state index is 12.3. The molecule has 2 aromatic heterocycles. The predicted octanol–water partition coefficient (Wildman–Crippen LogP) is 6.83. The molecule has 1 saturated heterocycles. The van der Waals surface area contributed by atoms with Crippen LogP contribution in [-0.2, 0) is 4.79 Å². The number of carbonyl (C=O) groups is 1. The lowest BCUT2D eigenvalue weighted by molar-refractivity contribution is -0.384. The minimum Gasteiger partial charge on any atom is -0.494 e. The van der Waals surface area contributed by atoms with Gasteiger partial charge in [0.2, 0.25) is 5.91 Å². The number of nitro benzene ring substituents is 1. The zero-order valence-electron chi connectivity index (χ0n) is 24.3. The van der Waals surface area contributed by atoms with E-state index in [1.165, 1.54) is 19.2 Å². The lowest BCUT2D eigenvalue weighted by Crippen LogP contribution is -2.29. The van der Waals surface area contributed by atoms with Gasteiger partial charge in [0.15, 0.2) is 5.11 Å². The van der Waals surface area contributed by atoms with Crippen LogP contribution in [0.1, 0.15) is 48.6 Å². The molecule has 0 radical (unpaired) electrons. The van der Waals surface area contributed by atoms with E-state index in [4.69, 9.17) is 28.6 Å². The number of rotatable bonds is 8. The molecular weight excluding hydrogens is 588 g/mol. The third kappa shape index (κ3) is 5.65. The van der Waals surface area contributed by atoms with Crippen LogP contribution < -0.4 is 20.3 Å². The monoisotopic (exact) mass is 618 g/mol. The first-order valence-electron chi connectivity index (χ1n) is 13.6. The summed E-state index contributed by atoms with van der Waals surface area (Å²) >= 11 is 12.6. The van der Waals surface area contributed by atoms with Crippen LogP contribution in [0.25, 0.3) is 5.69 Å². The number of hydrogen-bond donors (Lipinski definition) is 2. The van der Waals surface area contributed by atoms with Crippen molar-refractivity contribution in [3.63, 3.8) is 0 Å². The van der Waals surface area contributed by atoms with Crippen LogP contribution >= 0.6 is 23.8 Å². The summed E-state index contributed by atoms with van der Waals surface area (Å²) < 4.78 is 7.59. The van der Waals surface area contributed by atoms with Gasteiger partial charge in [0.25, 0.3) is 5.69 Å². The number of nitro groups is 1. The Hall–Kier alpha value is -4.48. The van der Waals surface area contributed by atoms with E-state index < -0.39 is 4.92 Å². The van der Waals surface area contributed by atoms with E-state index in [0.717, 1.165) is 28.3 Å². The summed E-state index contributed by atoms with van der Waals surface area (Å²) in [4.78, 5) is 29.9. The fourth-order valence-electron chi connectivity index (χ4n) is 5.40. The number of pyridine rings is 1. The third-order valence-corrected chi connectivity index (χ3v) is 8.14. The van der Waals surface area contributed by atoms with E-state index in [2.05, 4.69) is 21.7 Å². The Labute approximate surface area is 259 Å². The zero-order chi connectivity index (χ0) is 31.0. The molecule has 0 spiro atoms. The van der Waals surface area contributed by atoms with Crippen LogP contribution in [0.3, 0.4) is 0 Å². The molecule has 2 atom stereocenters. The van der Waals surface area contributed by atoms with Gasteiger partial charge >= 0.3 is 0 Å². The van der Waals surface area contributed by atoms with Crippen molar-refractivity contribution in [2.24, 2.45) is 5.92 Å². The van der Waals surface area contributed by atoms with E-state index >= 15 is 0 Å². The Morgan fingerprint density at radius 2 is 1.93 bits per heavy atom. The summed E-state index contributed by atoms with van der Waals surface area (Å²) in [5, 5.41) is 18.6. The summed E-state index contributed by atoms with van der Waals surface area (Å²) in [7, 11) is 1.49. The highest BCUT2D eigenvalue weighted by Crippen LogP contribution is 2.45. The summed E-state index contributed by atoms with van der Waals surface area (Å²) in [6, 6.07) is 17.2. The molecule has 1 aliphatic heterocycles. The van der Waals surface area contributed by atoms with Crippen molar-refractivity contribution in [1.82, 2.24) is 14.9 Å². The normalized spacial score (nSPS) is 16.3. The van der Waals surface area contributed by atoms with Crippen molar-refractivity contribution >= 4 is 51.9 Å². The molecule has 1 amide bonds. The zero-order valence-corrected chi connectivity index (χ0v) is 25.9. The van der Waals surface area contributed by atoms with Crippen molar-refractivity contribution in [3.05, 3.63) is 105 Å². The highest BCUT2D eigenvalue weighted by molar-refractivity contribution is 7.80. The molecule has 12 heteroatoms. The first kappa shape index (κ1) is 30.0.